The number of amides is 2. The second kappa shape index (κ2) is 10.4. The molecule has 2 fully saturated rings. The van der Waals surface area contributed by atoms with E-state index in [2.05, 4.69) is 25.5 Å². The van der Waals surface area contributed by atoms with Crippen molar-refractivity contribution >= 4 is 34.9 Å². The molecule has 1 atom stereocenters. The maximum atomic E-state index is 13.0. The molecule has 1 saturated carbocycles. The standard InChI is InChI=1S/C28H27F3N8O2/c29-28(30,31)19-9-10-33-21(14-19)36-26(41)18-5-3-16(4-6-18)22-23-24(32)34-11-13-39(23)27(37-22)38-12-1-2-20(15-38)35-25(40)17-7-8-17/h3-6,9-11,13-14,17,20H,1-2,7-8,12,15H2,(H2,32,34)(H,35,40)(H,33,36,41)/t20-/m1/s1. The third-order valence-electron chi connectivity index (χ3n) is 7.31. The number of piperidine rings is 1. The number of hydrogen-bond donors (Lipinski definition) is 3. The molecule has 6 rings (SSSR count). The Bertz CT molecular complexity index is 1620. The Hall–Kier alpha value is -4.68. The number of nitrogens with zero attached hydrogens (tertiary/aromatic N) is 5. The smallest absolute Gasteiger partial charge is 0.382 e. The zero-order valence-electron chi connectivity index (χ0n) is 21.9. The normalized spacial score (nSPS) is 17.4. The molecule has 4 N–H and O–H groups in total. The number of rotatable bonds is 6. The van der Waals surface area contributed by atoms with E-state index < -0.39 is 17.6 Å². The number of alkyl halides is 3. The number of nitrogen functional groups attached to an aromatic ring is 1. The summed E-state index contributed by atoms with van der Waals surface area (Å²) in [6, 6.07) is 8.14. The predicted octanol–water partition coefficient (Wildman–Crippen LogP) is 4.14. The van der Waals surface area contributed by atoms with Gasteiger partial charge in [-0.1, -0.05) is 12.1 Å². The zero-order valence-corrected chi connectivity index (χ0v) is 21.9. The molecule has 2 aliphatic rings. The van der Waals surface area contributed by atoms with Crippen molar-refractivity contribution in [1.82, 2.24) is 24.7 Å². The van der Waals surface area contributed by atoms with Gasteiger partial charge in [-0.3, -0.25) is 14.0 Å². The number of aromatic nitrogens is 4. The van der Waals surface area contributed by atoms with Crippen molar-refractivity contribution < 1.29 is 22.8 Å². The fourth-order valence-electron chi connectivity index (χ4n) is 5.06. The van der Waals surface area contributed by atoms with Crippen LogP contribution in [-0.2, 0) is 11.0 Å². The maximum Gasteiger partial charge on any atom is 0.416 e. The molecule has 4 heterocycles. The van der Waals surface area contributed by atoms with Crippen molar-refractivity contribution in [3.05, 3.63) is 66.1 Å². The molecule has 0 bridgehead atoms. The molecule has 1 aliphatic heterocycles. The third-order valence-corrected chi connectivity index (χ3v) is 7.31. The number of halogens is 3. The quantitative estimate of drug-likeness (QED) is 0.321. The summed E-state index contributed by atoms with van der Waals surface area (Å²) in [5.74, 6) is 0.410. The van der Waals surface area contributed by atoms with Crippen molar-refractivity contribution in [2.45, 2.75) is 37.9 Å². The molecule has 212 valence electrons. The van der Waals surface area contributed by atoms with Gasteiger partial charge in [0.2, 0.25) is 11.9 Å². The van der Waals surface area contributed by atoms with E-state index in [1.54, 1.807) is 36.7 Å². The van der Waals surface area contributed by atoms with E-state index in [9.17, 15) is 22.8 Å². The Morgan fingerprint density at radius 2 is 1.80 bits per heavy atom. The predicted molar refractivity (Wildman–Crippen MR) is 146 cm³/mol. The van der Waals surface area contributed by atoms with Gasteiger partial charge in [-0.25, -0.2) is 15.0 Å². The first-order valence-corrected chi connectivity index (χ1v) is 13.3. The van der Waals surface area contributed by atoms with E-state index in [-0.39, 0.29) is 35.1 Å². The summed E-state index contributed by atoms with van der Waals surface area (Å²) in [6.07, 6.45) is 3.52. The second-order valence-electron chi connectivity index (χ2n) is 10.3. The summed E-state index contributed by atoms with van der Waals surface area (Å²) in [5.41, 5.74) is 7.46. The molecule has 13 heteroatoms. The molecule has 10 nitrogen and oxygen atoms in total. The Morgan fingerprint density at radius 3 is 2.54 bits per heavy atom. The van der Waals surface area contributed by atoms with Gasteiger partial charge in [-0.15, -0.1) is 0 Å². The van der Waals surface area contributed by atoms with Gasteiger partial charge in [0.1, 0.15) is 22.8 Å². The van der Waals surface area contributed by atoms with Crippen molar-refractivity contribution in [3.8, 4) is 11.3 Å². The van der Waals surface area contributed by atoms with Gasteiger partial charge < -0.3 is 21.3 Å². The fraction of sp³-hybridized carbons (Fsp3) is 0.321. The molecule has 3 aromatic heterocycles. The topological polar surface area (TPSA) is 131 Å². The van der Waals surface area contributed by atoms with Crippen LogP contribution in [0.3, 0.4) is 0 Å². The number of benzene rings is 1. The molecule has 2 amide bonds. The summed E-state index contributed by atoms with van der Waals surface area (Å²) >= 11 is 0. The lowest BCUT2D eigenvalue weighted by atomic mass is 10.1. The van der Waals surface area contributed by atoms with Crippen LogP contribution in [0, 0.1) is 5.92 Å². The first-order chi connectivity index (χ1) is 19.7. The van der Waals surface area contributed by atoms with E-state index in [0.29, 0.717) is 29.3 Å². The number of anilines is 3. The van der Waals surface area contributed by atoms with E-state index in [4.69, 9.17) is 10.7 Å². The lowest BCUT2D eigenvalue weighted by Gasteiger charge is -2.33. The van der Waals surface area contributed by atoms with Crippen LogP contribution in [0.25, 0.3) is 16.8 Å². The van der Waals surface area contributed by atoms with Gasteiger partial charge in [0.25, 0.3) is 5.91 Å². The van der Waals surface area contributed by atoms with Crippen LogP contribution in [0.5, 0.6) is 0 Å². The van der Waals surface area contributed by atoms with Gasteiger partial charge >= 0.3 is 6.18 Å². The van der Waals surface area contributed by atoms with Crippen LogP contribution in [-0.4, -0.2) is 50.3 Å². The van der Waals surface area contributed by atoms with Crippen LogP contribution in [0.2, 0.25) is 0 Å². The summed E-state index contributed by atoms with van der Waals surface area (Å²) in [7, 11) is 0. The number of carbonyl (C=O) groups excluding carboxylic acids is 2. The highest BCUT2D eigenvalue weighted by atomic mass is 19.4. The third kappa shape index (κ3) is 5.52. The molecule has 0 spiro atoms. The summed E-state index contributed by atoms with van der Waals surface area (Å²) in [6.45, 7) is 1.38. The second-order valence-corrected chi connectivity index (χ2v) is 10.3. The number of nitrogens with two attached hydrogens (primary N) is 1. The molecular weight excluding hydrogens is 537 g/mol. The number of hydrogen-bond acceptors (Lipinski definition) is 7. The lowest BCUT2D eigenvalue weighted by Crippen LogP contribution is -2.48. The van der Waals surface area contributed by atoms with E-state index in [1.807, 2.05) is 4.40 Å². The van der Waals surface area contributed by atoms with Crippen LogP contribution >= 0.6 is 0 Å². The SMILES string of the molecule is Nc1nccn2c(N3CCC[C@@H](NC(=O)C4CC4)C3)nc(-c3ccc(C(=O)Nc4cc(C(F)(F)F)ccn4)cc3)c12. The van der Waals surface area contributed by atoms with E-state index >= 15 is 0 Å². The van der Waals surface area contributed by atoms with E-state index in [1.165, 1.54) is 0 Å². The van der Waals surface area contributed by atoms with Crippen LogP contribution < -0.4 is 21.3 Å². The van der Waals surface area contributed by atoms with Crippen LogP contribution in [0.15, 0.2) is 55.0 Å². The summed E-state index contributed by atoms with van der Waals surface area (Å²) in [4.78, 5) is 40.2. The number of carbonyl (C=O) groups is 2. The monoisotopic (exact) mass is 564 g/mol. The van der Waals surface area contributed by atoms with Gasteiger partial charge in [0.15, 0.2) is 0 Å². The number of pyridine rings is 1. The molecular formula is C28H27F3N8O2. The van der Waals surface area contributed by atoms with Crippen molar-refractivity contribution in [3.63, 3.8) is 0 Å². The minimum Gasteiger partial charge on any atom is -0.382 e. The zero-order chi connectivity index (χ0) is 28.7. The largest absolute Gasteiger partial charge is 0.416 e. The molecule has 1 aromatic carbocycles. The minimum atomic E-state index is -4.55. The fourth-order valence-corrected chi connectivity index (χ4v) is 5.06. The summed E-state index contributed by atoms with van der Waals surface area (Å²) < 4.78 is 40.9. The number of fused-ring (bicyclic) bond motifs is 1. The molecule has 41 heavy (non-hydrogen) atoms. The minimum absolute atomic E-state index is 0.0240. The maximum absolute atomic E-state index is 13.0. The van der Waals surface area contributed by atoms with Gasteiger partial charge in [0.05, 0.1) is 5.56 Å². The number of imidazole rings is 1. The summed E-state index contributed by atoms with van der Waals surface area (Å²) in [5, 5.41) is 5.58. The molecule has 0 radical (unpaired) electrons. The Morgan fingerprint density at radius 1 is 1.02 bits per heavy atom. The highest BCUT2D eigenvalue weighted by molar-refractivity contribution is 6.04. The van der Waals surface area contributed by atoms with Crippen molar-refractivity contribution in [2.24, 2.45) is 5.92 Å². The van der Waals surface area contributed by atoms with Crippen LogP contribution in [0.4, 0.5) is 30.8 Å². The average Bonchev–Trinajstić information content (AvgIpc) is 3.74. The van der Waals surface area contributed by atoms with Crippen molar-refractivity contribution in [2.75, 3.05) is 29.0 Å². The molecule has 1 aliphatic carbocycles. The number of nitrogens with one attached hydrogen (secondary N) is 2. The molecule has 1 saturated heterocycles. The first kappa shape index (κ1) is 26.5. The highest BCUT2D eigenvalue weighted by Gasteiger charge is 2.33. The molecule has 4 aromatic rings. The van der Waals surface area contributed by atoms with Gasteiger partial charge in [0, 0.05) is 54.8 Å². The molecule has 0 unspecified atom stereocenters. The Balaban J connectivity index is 1.24. The van der Waals surface area contributed by atoms with E-state index in [0.717, 1.165) is 50.6 Å². The average molecular weight is 565 g/mol. The highest BCUT2D eigenvalue weighted by Crippen LogP contribution is 2.34. The van der Waals surface area contributed by atoms with Crippen LogP contribution in [0.1, 0.15) is 41.6 Å². The van der Waals surface area contributed by atoms with Crippen molar-refractivity contribution in [1.29, 1.82) is 0 Å². The first-order valence-electron chi connectivity index (χ1n) is 13.3. The Kier molecular flexibility index (Phi) is 6.72. The van der Waals surface area contributed by atoms with Gasteiger partial charge in [-0.05, 0) is 49.9 Å². The van der Waals surface area contributed by atoms with Gasteiger partial charge in [-0.2, -0.15) is 13.2 Å². The Labute approximate surface area is 232 Å². The lowest BCUT2D eigenvalue weighted by molar-refractivity contribution is -0.137.